The highest BCUT2D eigenvalue weighted by atomic mass is 32.2. The molecule has 4 nitrogen and oxygen atoms in total. The van der Waals surface area contributed by atoms with Crippen LogP contribution in [0.1, 0.15) is 19.4 Å². The van der Waals surface area contributed by atoms with Crippen molar-refractivity contribution in [3.05, 3.63) is 35.9 Å². The number of carbonyl (C=O) groups excluding carboxylic acids is 1. The lowest BCUT2D eigenvalue weighted by molar-refractivity contribution is -0.133. The van der Waals surface area contributed by atoms with E-state index < -0.39 is 5.60 Å². The molecule has 20 heavy (non-hydrogen) atoms. The molecule has 0 bridgehead atoms. The maximum atomic E-state index is 12.3. The van der Waals surface area contributed by atoms with Crippen molar-refractivity contribution < 1.29 is 9.90 Å². The Morgan fingerprint density at radius 2 is 2.10 bits per heavy atom. The summed E-state index contributed by atoms with van der Waals surface area (Å²) >= 11 is 1.61. The van der Waals surface area contributed by atoms with Crippen LogP contribution in [0, 0.1) is 0 Å². The first kappa shape index (κ1) is 15.1. The Bertz CT molecular complexity index is 508. The monoisotopic (exact) mass is 292 g/mol. The standard InChI is InChI=1S/C15H20N2O2S/c1-15(2,19)10-17(3)14(18)12-9-20-13(16-12)11-7-5-4-6-8-11/h4-8,12,19H,9-10H2,1-3H3. The molecule has 1 amide bonds. The fraction of sp³-hybridized carbons (Fsp3) is 0.467. The fourth-order valence-electron chi connectivity index (χ4n) is 2.15. The summed E-state index contributed by atoms with van der Waals surface area (Å²) in [7, 11) is 1.71. The Morgan fingerprint density at radius 1 is 1.45 bits per heavy atom. The quantitative estimate of drug-likeness (QED) is 0.920. The summed E-state index contributed by atoms with van der Waals surface area (Å²) in [6, 6.07) is 9.55. The third kappa shape index (κ3) is 3.84. The minimum Gasteiger partial charge on any atom is -0.389 e. The van der Waals surface area contributed by atoms with Crippen LogP contribution in [0.15, 0.2) is 35.3 Å². The molecule has 0 spiro atoms. The second-order valence-electron chi connectivity index (χ2n) is 5.63. The summed E-state index contributed by atoms with van der Waals surface area (Å²) in [6.07, 6.45) is 0. The van der Waals surface area contributed by atoms with E-state index in [4.69, 9.17) is 0 Å². The molecule has 0 radical (unpaired) electrons. The van der Waals surface area contributed by atoms with Crippen molar-refractivity contribution in [3.8, 4) is 0 Å². The molecular weight excluding hydrogens is 272 g/mol. The van der Waals surface area contributed by atoms with Crippen LogP contribution in [-0.2, 0) is 4.79 Å². The van der Waals surface area contributed by atoms with Gasteiger partial charge >= 0.3 is 0 Å². The van der Waals surface area contributed by atoms with E-state index in [9.17, 15) is 9.90 Å². The Balaban J connectivity index is 2.05. The lowest BCUT2D eigenvalue weighted by atomic mass is 10.1. The summed E-state index contributed by atoms with van der Waals surface area (Å²) in [6.45, 7) is 3.70. The third-order valence-corrected chi connectivity index (χ3v) is 4.05. The first-order chi connectivity index (χ1) is 9.37. The van der Waals surface area contributed by atoms with Gasteiger partial charge in [0.25, 0.3) is 0 Å². The van der Waals surface area contributed by atoms with Gasteiger partial charge in [0.05, 0.1) is 10.6 Å². The molecule has 0 aliphatic carbocycles. The molecule has 1 aromatic rings. The third-order valence-electron chi connectivity index (χ3n) is 2.96. The Labute approximate surface area is 123 Å². The number of aliphatic imine (C=N–C) groups is 1. The van der Waals surface area contributed by atoms with Crippen molar-refractivity contribution in [2.24, 2.45) is 4.99 Å². The number of benzene rings is 1. The molecule has 5 heteroatoms. The van der Waals surface area contributed by atoms with Gasteiger partial charge in [-0.05, 0) is 13.8 Å². The number of carbonyl (C=O) groups is 1. The maximum Gasteiger partial charge on any atom is 0.248 e. The summed E-state index contributed by atoms with van der Waals surface area (Å²) < 4.78 is 0. The lowest BCUT2D eigenvalue weighted by Gasteiger charge is -2.26. The van der Waals surface area contributed by atoms with Crippen LogP contribution in [0.2, 0.25) is 0 Å². The summed E-state index contributed by atoms with van der Waals surface area (Å²) in [5.41, 5.74) is 0.167. The highest BCUT2D eigenvalue weighted by Crippen LogP contribution is 2.24. The molecule has 0 aromatic heterocycles. The normalized spacial score (nSPS) is 18.8. The van der Waals surface area contributed by atoms with Crippen molar-refractivity contribution in [1.29, 1.82) is 0 Å². The van der Waals surface area contributed by atoms with Gasteiger partial charge in [0.1, 0.15) is 6.04 Å². The molecule has 1 heterocycles. The molecule has 0 saturated carbocycles. The Kier molecular flexibility index (Phi) is 4.50. The molecular formula is C15H20N2O2S. The number of amides is 1. The van der Waals surface area contributed by atoms with E-state index in [-0.39, 0.29) is 11.9 Å². The summed E-state index contributed by atoms with van der Waals surface area (Å²) in [4.78, 5) is 18.4. The number of nitrogens with zero attached hydrogens (tertiary/aromatic N) is 2. The fourth-order valence-corrected chi connectivity index (χ4v) is 3.19. The number of likely N-dealkylation sites (N-methyl/N-ethyl adjacent to an activating group) is 1. The minimum absolute atomic E-state index is 0.0365. The van der Waals surface area contributed by atoms with Crippen LogP contribution < -0.4 is 0 Å². The van der Waals surface area contributed by atoms with E-state index in [2.05, 4.69) is 4.99 Å². The highest BCUT2D eigenvalue weighted by molar-refractivity contribution is 8.14. The first-order valence-electron chi connectivity index (χ1n) is 6.60. The molecule has 0 saturated heterocycles. The van der Waals surface area contributed by atoms with Gasteiger partial charge in [-0.25, -0.2) is 0 Å². The average molecular weight is 292 g/mol. The Hall–Kier alpha value is -1.33. The Morgan fingerprint density at radius 3 is 2.70 bits per heavy atom. The van der Waals surface area contributed by atoms with E-state index in [0.29, 0.717) is 12.3 Å². The molecule has 1 aromatic carbocycles. The molecule has 2 rings (SSSR count). The van der Waals surface area contributed by atoms with E-state index in [1.165, 1.54) is 0 Å². The number of thioether (sulfide) groups is 1. The maximum absolute atomic E-state index is 12.3. The zero-order valence-electron chi connectivity index (χ0n) is 12.0. The van der Waals surface area contributed by atoms with Crippen molar-refractivity contribution in [2.45, 2.75) is 25.5 Å². The van der Waals surface area contributed by atoms with E-state index in [1.807, 2.05) is 30.3 Å². The first-order valence-corrected chi connectivity index (χ1v) is 7.59. The zero-order chi connectivity index (χ0) is 14.8. The molecule has 108 valence electrons. The smallest absolute Gasteiger partial charge is 0.248 e. The lowest BCUT2D eigenvalue weighted by Crippen LogP contribution is -2.43. The van der Waals surface area contributed by atoms with Crippen LogP contribution >= 0.6 is 11.8 Å². The van der Waals surface area contributed by atoms with E-state index in [1.54, 1.807) is 37.6 Å². The summed E-state index contributed by atoms with van der Waals surface area (Å²) in [5, 5.41) is 10.7. The zero-order valence-corrected chi connectivity index (χ0v) is 12.9. The van der Waals surface area contributed by atoms with Crippen molar-refractivity contribution in [1.82, 2.24) is 4.90 Å². The van der Waals surface area contributed by atoms with Crippen LogP contribution in [0.4, 0.5) is 0 Å². The molecule has 1 N–H and O–H groups in total. The highest BCUT2D eigenvalue weighted by Gasteiger charge is 2.29. The van der Waals surface area contributed by atoms with Crippen LogP contribution in [0.25, 0.3) is 0 Å². The average Bonchev–Trinajstić information content (AvgIpc) is 2.86. The van der Waals surface area contributed by atoms with Gasteiger partial charge in [-0.2, -0.15) is 0 Å². The SMILES string of the molecule is CN(CC(C)(C)O)C(=O)C1CSC(c2ccccc2)=N1. The van der Waals surface area contributed by atoms with Crippen molar-refractivity contribution in [3.63, 3.8) is 0 Å². The predicted octanol–water partition coefficient (Wildman–Crippen LogP) is 1.78. The number of rotatable bonds is 4. The van der Waals surface area contributed by atoms with Crippen LogP contribution in [-0.4, -0.2) is 51.9 Å². The number of hydrogen-bond acceptors (Lipinski definition) is 4. The minimum atomic E-state index is -0.887. The van der Waals surface area contributed by atoms with E-state index in [0.717, 1.165) is 10.6 Å². The van der Waals surface area contributed by atoms with Gasteiger partial charge in [0, 0.05) is 24.9 Å². The molecule has 1 aliphatic rings. The molecule has 1 atom stereocenters. The second-order valence-corrected chi connectivity index (χ2v) is 6.64. The van der Waals surface area contributed by atoms with Gasteiger partial charge < -0.3 is 10.0 Å². The van der Waals surface area contributed by atoms with Gasteiger partial charge in [-0.1, -0.05) is 30.3 Å². The molecule has 0 fully saturated rings. The topological polar surface area (TPSA) is 52.9 Å². The van der Waals surface area contributed by atoms with E-state index >= 15 is 0 Å². The van der Waals surface area contributed by atoms with Gasteiger partial charge in [-0.3, -0.25) is 9.79 Å². The second kappa shape index (κ2) is 5.97. The molecule has 1 aliphatic heterocycles. The predicted molar refractivity (Wildman–Crippen MR) is 83.2 cm³/mol. The van der Waals surface area contributed by atoms with Gasteiger partial charge in [0.15, 0.2) is 0 Å². The van der Waals surface area contributed by atoms with Gasteiger partial charge in [-0.15, -0.1) is 11.8 Å². The molecule has 1 unspecified atom stereocenters. The largest absolute Gasteiger partial charge is 0.389 e. The van der Waals surface area contributed by atoms with Crippen LogP contribution in [0.3, 0.4) is 0 Å². The number of hydrogen-bond donors (Lipinski definition) is 1. The van der Waals surface area contributed by atoms with Crippen molar-refractivity contribution >= 4 is 22.7 Å². The summed E-state index contributed by atoms with van der Waals surface area (Å²) in [5.74, 6) is 0.629. The number of aliphatic hydroxyl groups is 1. The van der Waals surface area contributed by atoms with Crippen molar-refractivity contribution in [2.75, 3.05) is 19.3 Å². The van der Waals surface area contributed by atoms with Gasteiger partial charge in [0.2, 0.25) is 5.91 Å². The van der Waals surface area contributed by atoms with Crippen LogP contribution in [0.5, 0.6) is 0 Å².